The zero-order valence-electron chi connectivity index (χ0n) is 13.4. The van der Waals surface area contributed by atoms with Crippen molar-refractivity contribution in [3.8, 4) is 0 Å². The van der Waals surface area contributed by atoms with Crippen LogP contribution in [0.25, 0.3) is 10.9 Å². The number of sulfonamides is 1. The Kier molecular flexibility index (Phi) is 4.34. The highest BCUT2D eigenvalue weighted by Crippen LogP contribution is 2.25. The fraction of sp³-hybridized carbons (Fsp3) is 0.167. The third-order valence-electron chi connectivity index (χ3n) is 3.85. The molecule has 0 spiro atoms. The van der Waals surface area contributed by atoms with Gasteiger partial charge in [0.05, 0.1) is 5.52 Å². The van der Waals surface area contributed by atoms with Crippen molar-refractivity contribution in [2.75, 3.05) is 7.05 Å². The van der Waals surface area contributed by atoms with Crippen molar-refractivity contribution in [1.82, 2.24) is 9.29 Å². The molecule has 2 aromatic carbocycles. The number of aromatic nitrogens is 1. The molecule has 0 N–H and O–H groups in total. The van der Waals surface area contributed by atoms with Crippen LogP contribution in [0.2, 0.25) is 0 Å². The summed E-state index contributed by atoms with van der Waals surface area (Å²) in [6.45, 7) is 1.86. The van der Waals surface area contributed by atoms with Crippen molar-refractivity contribution in [1.29, 1.82) is 0 Å². The summed E-state index contributed by atoms with van der Waals surface area (Å²) >= 11 is 0. The first kappa shape index (κ1) is 16.5. The Morgan fingerprint density at radius 1 is 1.12 bits per heavy atom. The molecule has 0 bridgehead atoms. The Labute approximate surface area is 140 Å². The van der Waals surface area contributed by atoms with Crippen molar-refractivity contribution >= 4 is 20.9 Å². The number of hydrogen-bond donors (Lipinski definition) is 0. The van der Waals surface area contributed by atoms with Gasteiger partial charge >= 0.3 is 0 Å². The van der Waals surface area contributed by atoms with Gasteiger partial charge in [-0.25, -0.2) is 12.8 Å². The molecule has 6 heteroatoms. The predicted molar refractivity (Wildman–Crippen MR) is 91.5 cm³/mol. The van der Waals surface area contributed by atoms with Crippen LogP contribution in [0.3, 0.4) is 0 Å². The van der Waals surface area contributed by atoms with Crippen LogP contribution in [0, 0.1) is 12.7 Å². The highest BCUT2D eigenvalue weighted by Gasteiger charge is 2.24. The van der Waals surface area contributed by atoms with Crippen molar-refractivity contribution in [3.05, 3.63) is 71.7 Å². The normalized spacial score (nSPS) is 12.0. The number of nitrogens with zero attached hydrogens (tertiary/aromatic N) is 2. The Balaban J connectivity index is 2.03. The monoisotopic (exact) mass is 344 g/mol. The highest BCUT2D eigenvalue weighted by atomic mass is 32.2. The molecule has 0 aliphatic heterocycles. The molecule has 0 aliphatic carbocycles. The second-order valence-corrected chi connectivity index (χ2v) is 7.71. The van der Waals surface area contributed by atoms with Gasteiger partial charge in [0.25, 0.3) is 0 Å². The third-order valence-corrected chi connectivity index (χ3v) is 5.68. The van der Waals surface area contributed by atoms with Gasteiger partial charge in [-0.05, 0) is 30.7 Å². The molecule has 124 valence electrons. The van der Waals surface area contributed by atoms with E-state index in [0.29, 0.717) is 11.1 Å². The summed E-state index contributed by atoms with van der Waals surface area (Å²) in [5, 5.41) is 0.760. The summed E-state index contributed by atoms with van der Waals surface area (Å²) in [5.74, 6) is -0.425. The lowest BCUT2D eigenvalue weighted by atomic mass is 10.2. The fourth-order valence-electron chi connectivity index (χ4n) is 2.57. The zero-order valence-corrected chi connectivity index (χ0v) is 14.2. The summed E-state index contributed by atoms with van der Waals surface area (Å²) in [6.07, 6.45) is 1.64. The topological polar surface area (TPSA) is 50.3 Å². The van der Waals surface area contributed by atoms with E-state index in [9.17, 15) is 12.8 Å². The maximum absolute atomic E-state index is 13.8. The largest absolute Gasteiger partial charge is 0.255 e. The van der Waals surface area contributed by atoms with E-state index in [4.69, 9.17) is 0 Å². The summed E-state index contributed by atoms with van der Waals surface area (Å²) in [7, 11) is -2.35. The molecule has 3 rings (SSSR count). The molecule has 1 heterocycles. The fourth-order valence-corrected chi connectivity index (χ4v) is 3.88. The Morgan fingerprint density at radius 2 is 1.88 bits per heavy atom. The van der Waals surface area contributed by atoms with Gasteiger partial charge in [-0.1, -0.05) is 30.3 Å². The molecule has 0 radical (unpaired) electrons. The van der Waals surface area contributed by atoms with E-state index in [0.717, 1.165) is 15.3 Å². The molecule has 0 saturated heterocycles. The van der Waals surface area contributed by atoms with Crippen LogP contribution in [0.1, 0.15) is 11.1 Å². The van der Waals surface area contributed by atoms with E-state index in [1.807, 2.05) is 19.1 Å². The van der Waals surface area contributed by atoms with Gasteiger partial charge in [0.15, 0.2) is 0 Å². The lowest BCUT2D eigenvalue weighted by Gasteiger charge is -2.18. The number of hydrogen-bond acceptors (Lipinski definition) is 3. The van der Waals surface area contributed by atoms with Gasteiger partial charge < -0.3 is 0 Å². The Morgan fingerprint density at radius 3 is 2.62 bits per heavy atom. The minimum absolute atomic E-state index is 0.0444. The standard InChI is InChI=1S/C18H17FN2O2S/c1-13-10-14-7-5-9-17(18(14)20-11-13)24(22,23)21(2)12-15-6-3-4-8-16(15)19/h3-11H,12H2,1-2H3. The maximum Gasteiger partial charge on any atom is 0.245 e. The zero-order chi connectivity index (χ0) is 17.3. The van der Waals surface area contributed by atoms with E-state index >= 15 is 0 Å². The van der Waals surface area contributed by atoms with Gasteiger partial charge in [0.1, 0.15) is 10.7 Å². The van der Waals surface area contributed by atoms with Crippen LogP contribution in [-0.4, -0.2) is 24.8 Å². The molecular formula is C18H17FN2O2S. The van der Waals surface area contributed by atoms with E-state index in [1.165, 1.54) is 19.2 Å². The minimum Gasteiger partial charge on any atom is -0.255 e. The van der Waals surface area contributed by atoms with Crippen LogP contribution < -0.4 is 0 Å². The minimum atomic E-state index is -3.79. The van der Waals surface area contributed by atoms with Gasteiger partial charge in [-0.15, -0.1) is 0 Å². The van der Waals surface area contributed by atoms with Gasteiger partial charge in [-0.3, -0.25) is 4.98 Å². The number of aryl methyl sites for hydroxylation is 1. The summed E-state index contributed by atoms with van der Waals surface area (Å²) in [5.41, 5.74) is 1.70. The smallest absolute Gasteiger partial charge is 0.245 e. The van der Waals surface area contributed by atoms with Crippen LogP contribution in [0.15, 0.2) is 59.6 Å². The Hall–Kier alpha value is -2.31. The van der Waals surface area contributed by atoms with Crippen LogP contribution in [0.4, 0.5) is 4.39 Å². The molecule has 1 aromatic heterocycles. The van der Waals surface area contributed by atoms with Crippen LogP contribution in [0.5, 0.6) is 0 Å². The number of fused-ring (bicyclic) bond motifs is 1. The molecule has 0 atom stereocenters. The summed E-state index contributed by atoms with van der Waals surface area (Å²) < 4.78 is 40.8. The third kappa shape index (κ3) is 3.02. The highest BCUT2D eigenvalue weighted by molar-refractivity contribution is 7.89. The number of benzene rings is 2. The molecule has 3 aromatic rings. The van der Waals surface area contributed by atoms with Gasteiger partial charge in [0, 0.05) is 30.7 Å². The van der Waals surface area contributed by atoms with Crippen molar-refractivity contribution in [2.24, 2.45) is 0 Å². The van der Waals surface area contributed by atoms with E-state index < -0.39 is 15.8 Å². The average Bonchev–Trinajstić information content (AvgIpc) is 2.56. The Bertz CT molecular complexity index is 1000. The van der Waals surface area contributed by atoms with Gasteiger partial charge in [0.2, 0.25) is 10.0 Å². The van der Waals surface area contributed by atoms with E-state index in [2.05, 4.69) is 4.98 Å². The van der Waals surface area contributed by atoms with E-state index in [1.54, 1.807) is 30.5 Å². The second kappa shape index (κ2) is 6.30. The molecule has 4 nitrogen and oxygen atoms in total. The first-order chi connectivity index (χ1) is 11.4. The second-order valence-electron chi connectivity index (χ2n) is 5.69. The molecule has 0 aliphatic rings. The molecule has 0 amide bonds. The molecule has 0 fully saturated rings. The number of pyridine rings is 1. The molecule has 24 heavy (non-hydrogen) atoms. The van der Waals surface area contributed by atoms with Crippen LogP contribution in [-0.2, 0) is 16.6 Å². The van der Waals surface area contributed by atoms with Gasteiger partial charge in [-0.2, -0.15) is 4.31 Å². The predicted octanol–water partition coefficient (Wildman–Crippen LogP) is 3.50. The molecule has 0 saturated carbocycles. The number of para-hydroxylation sites is 1. The van der Waals surface area contributed by atoms with Crippen molar-refractivity contribution < 1.29 is 12.8 Å². The quantitative estimate of drug-likeness (QED) is 0.728. The first-order valence-electron chi connectivity index (χ1n) is 7.45. The van der Waals surface area contributed by atoms with E-state index in [-0.39, 0.29) is 11.4 Å². The summed E-state index contributed by atoms with van der Waals surface area (Å²) in [4.78, 5) is 4.40. The number of rotatable bonds is 4. The molecule has 0 unspecified atom stereocenters. The summed E-state index contributed by atoms with van der Waals surface area (Å²) in [6, 6.07) is 13.1. The SMILES string of the molecule is Cc1cnc2c(S(=O)(=O)N(C)Cc3ccccc3F)cccc2c1. The number of halogens is 1. The molecular weight excluding hydrogens is 327 g/mol. The van der Waals surface area contributed by atoms with Crippen molar-refractivity contribution in [2.45, 2.75) is 18.4 Å². The van der Waals surface area contributed by atoms with Crippen molar-refractivity contribution in [3.63, 3.8) is 0 Å². The lowest BCUT2D eigenvalue weighted by Crippen LogP contribution is -2.27. The first-order valence-corrected chi connectivity index (χ1v) is 8.89. The lowest BCUT2D eigenvalue weighted by molar-refractivity contribution is 0.457. The van der Waals surface area contributed by atoms with Crippen LogP contribution >= 0.6 is 0 Å². The maximum atomic E-state index is 13.8. The average molecular weight is 344 g/mol.